The van der Waals surface area contributed by atoms with Gasteiger partial charge in [0.1, 0.15) is 5.78 Å². The van der Waals surface area contributed by atoms with E-state index in [4.69, 9.17) is 4.84 Å². The van der Waals surface area contributed by atoms with E-state index in [-0.39, 0.29) is 23.9 Å². The predicted molar refractivity (Wildman–Crippen MR) is 141 cm³/mol. The second-order valence-corrected chi connectivity index (χ2v) is 10.9. The average Bonchev–Trinajstić information content (AvgIpc) is 3.50. The lowest BCUT2D eigenvalue weighted by Crippen LogP contribution is -2.61. The molecule has 1 aliphatic heterocycles. The van der Waals surface area contributed by atoms with Crippen molar-refractivity contribution in [1.29, 1.82) is 0 Å². The molecule has 2 amide bonds. The number of ketones is 1. The van der Waals surface area contributed by atoms with E-state index < -0.39 is 17.4 Å². The number of Topliss-reactive ketones (excluding diaryl/α,β-unsaturated/α-hetero) is 1. The van der Waals surface area contributed by atoms with Crippen LogP contribution in [-0.4, -0.2) is 56.1 Å². The number of pyridine rings is 1. The maximum Gasteiger partial charge on any atom is 0.271 e. The SMILES string of the molecule is CCn1ncc2c(NC3CCC(=O)CC3)c(C3=CC(C(=O)NC4CCC4)(C(=O)NC4CCC4)ON3)cnc21. The first-order chi connectivity index (χ1) is 18.5. The van der Waals surface area contributed by atoms with E-state index in [1.165, 1.54) is 0 Å². The van der Waals surface area contributed by atoms with Gasteiger partial charge in [0.25, 0.3) is 17.4 Å². The van der Waals surface area contributed by atoms with Gasteiger partial charge in [0.2, 0.25) is 0 Å². The molecule has 3 saturated carbocycles. The van der Waals surface area contributed by atoms with Crippen molar-refractivity contribution >= 4 is 40.0 Å². The van der Waals surface area contributed by atoms with Gasteiger partial charge < -0.3 is 16.0 Å². The van der Waals surface area contributed by atoms with Crippen LogP contribution in [0, 0.1) is 0 Å². The number of rotatable bonds is 8. The molecule has 11 nitrogen and oxygen atoms in total. The second-order valence-electron chi connectivity index (χ2n) is 10.9. The van der Waals surface area contributed by atoms with E-state index in [2.05, 4.69) is 31.5 Å². The third kappa shape index (κ3) is 4.42. The zero-order chi connectivity index (χ0) is 26.3. The van der Waals surface area contributed by atoms with Crippen LogP contribution in [0.15, 0.2) is 18.5 Å². The van der Waals surface area contributed by atoms with Gasteiger partial charge in [-0.15, -0.1) is 0 Å². The van der Waals surface area contributed by atoms with Gasteiger partial charge >= 0.3 is 0 Å². The second kappa shape index (κ2) is 10.0. The highest BCUT2D eigenvalue weighted by Crippen LogP contribution is 2.36. The highest BCUT2D eigenvalue weighted by molar-refractivity contribution is 6.13. The van der Waals surface area contributed by atoms with E-state index in [9.17, 15) is 14.4 Å². The van der Waals surface area contributed by atoms with Crippen LogP contribution in [0.25, 0.3) is 16.7 Å². The largest absolute Gasteiger partial charge is 0.381 e. The van der Waals surface area contributed by atoms with Crippen LogP contribution in [0.4, 0.5) is 5.69 Å². The standard InChI is InChI=1S/C27H35N7O4/c1-2-34-24-21(15-29-34)23(30-18-9-11-19(35)12-10-18)20(14-28-24)22-13-27(38-33-22,25(36)31-16-5-3-6-16)26(37)32-17-7-4-8-17/h13-18,33H,2-12H2,1H3,(H,28,30)(H,31,36)(H,32,37). The van der Waals surface area contributed by atoms with Crippen molar-refractivity contribution in [2.24, 2.45) is 0 Å². The molecule has 4 N–H and O–H groups in total. The Bertz CT molecular complexity index is 1260. The maximum atomic E-state index is 13.5. The summed E-state index contributed by atoms with van der Waals surface area (Å²) < 4.78 is 1.82. The summed E-state index contributed by atoms with van der Waals surface area (Å²) in [7, 11) is 0. The normalized spacial score (nSPS) is 21.8. The van der Waals surface area contributed by atoms with Crippen LogP contribution in [0.5, 0.6) is 0 Å². The minimum atomic E-state index is -1.82. The van der Waals surface area contributed by atoms with Crippen molar-refractivity contribution in [2.75, 3.05) is 5.32 Å². The van der Waals surface area contributed by atoms with Gasteiger partial charge in [-0.1, -0.05) is 0 Å². The fraction of sp³-hybridized carbons (Fsp3) is 0.593. The van der Waals surface area contributed by atoms with E-state index in [0.717, 1.165) is 68.1 Å². The molecule has 0 radical (unpaired) electrons. The highest BCUT2D eigenvalue weighted by Gasteiger charge is 2.52. The molecule has 3 heterocycles. The Morgan fingerprint density at radius 3 is 2.26 bits per heavy atom. The van der Waals surface area contributed by atoms with Gasteiger partial charge in [-0.05, 0) is 64.4 Å². The number of carbonyl (C=O) groups excluding carboxylic acids is 3. The van der Waals surface area contributed by atoms with E-state index in [1.54, 1.807) is 18.5 Å². The summed E-state index contributed by atoms with van der Waals surface area (Å²) in [5.74, 6) is -0.639. The lowest BCUT2D eigenvalue weighted by Gasteiger charge is -2.33. The molecular formula is C27H35N7O4. The highest BCUT2D eigenvalue weighted by atomic mass is 16.7. The minimum Gasteiger partial charge on any atom is -0.381 e. The van der Waals surface area contributed by atoms with Crippen LogP contribution in [-0.2, 0) is 25.8 Å². The number of hydrogen-bond donors (Lipinski definition) is 4. The van der Waals surface area contributed by atoms with Gasteiger partial charge in [-0.2, -0.15) is 5.10 Å². The Morgan fingerprint density at radius 2 is 1.68 bits per heavy atom. The van der Waals surface area contributed by atoms with E-state index in [0.29, 0.717) is 30.6 Å². The first kappa shape index (κ1) is 24.8. The van der Waals surface area contributed by atoms with Crippen LogP contribution in [0.2, 0.25) is 0 Å². The van der Waals surface area contributed by atoms with Gasteiger partial charge in [0.05, 0.1) is 23.0 Å². The molecule has 0 unspecified atom stereocenters. The summed E-state index contributed by atoms with van der Waals surface area (Å²) in [5, 5.41) is 15.0. The summed E-state index contributed by atoms with van der Waals surface area (Å²) in [4.78, 5) is 49.4. The zero-order valence-corrected chi connectivity index (χ0v) is 21.7. The number of anilines is 1. The monoisotopic (exact) mass is 521 g/mol. The molecule has 4 aliphatic rings. The lowest BCUT2D eigenvalue weighted by molar-refractivity contribution is -0.158. The quantitative estimate of drug-likeness (QED) is 0.388. The molecule has 11 heteroatoms. The van der Waals surface area contributed by atoms with Gasteiger partial charge in [-0.3, -0.25) is 19.9 Å². The molecule has 0 bridgehead atoms. The number of aromatic nitrogens is 3. The van der Waals surface area contributed by atoms with Crippen LogP contribution in [0.3, 0.4) is 0 Å². The Hall–Kier alpha value is -3.47. The van der Waals surface area contributed by atoms with Crippen molar-refractivity contribution < 1.29 is 19.2 Å². The first-order valence-corrected chi connectivity index (χ1v) is 13.9. The number of carbonyl (C=O) groups is 3. The molecule has 2 aromatic rings. The third-order valence-electron chi connectivity index (χ3n) is 8.37. The van der Waals surface area contributed by atoms with Gasteiger partial charge in [0, 0.05) is 49.3 Å². The molecule has 0 aromatic carbocycles. The minimum absolute atomic E-state index is 0.0565. The molecule has 0 atom stereocenters. The van der Waals surface area contributed by atoms with Crippen molar-refractivity contribution in [3.05, 3.63) is 24.0 Å². The number of amides is 2. The van der Waals surface area contributed by atoms with Crippen LogP contribution >= 0.6 is 0 Å². The third-order valence-corrected chi connectivity index (χ3v) is 8.37. The van der Waals surface area contributed by atoms with E-state index >= 15 is 0 Å². The van der Waals surface area contributed by atoms with Crippen LogP contribution < -0.4 is 21.4 Å². The fourth-order valence-electron chi connectivity index (χ4n) is 5.45. The number of hydrogen-bond acceptors (Lipinski definition) is 8. The number of nitrogens with one attached hydrogen (secondary N) is 4. The summed E-state index contributed by atoms with van der Waals surface area (Å²) in [6.07, 6.45) is 13.4. The van der Waals surface area contributed by atoms with Crippen molar-refractivity contribution in [2.45, 2.75) is 101 Å². The average molecular weight is 522 g/mol. The predicted octanol–water partition coefficient (Wildman–Crippen LogP) is 2.33. The molecule has 0 spiro atoms. The maximum absolute atomic E-state index is 13.5. The topological polar surface area (TPSA) is 139 Å². The van der Waals surface area contributed by atoms with Gasteiger partial charge in [-0.25, -0.2) is 14.5 Å². The smallest absolute Gasteiger partial charge is 0.271 e. The van der Waals surface area contributed by atoms with Crippen molar-refractivity contribution in [3.8, 4) is 0 Å². The zero-order valence-electron chi connectivity index (χ0n) is 21.7. The number of hydroxylamine groups is 1. The van der Waals surface area contributed by atoms with Crippen LogP contribution in [0.1, 0.15) is 76.7 Å². The summed E-state index contributed by atoms with van der Waals surface area (Å²) in [6.45, 7) is 2.68. The van der Waals surface area contributed by atoms with Crippen molar-refractivity contribution in [3.63, 3.8) is 0 Å². The molecule has 202 valence electrons. The Kier molecular flexibility index (Phi) is 6.55. The summed E-state index contributed by atoms with van der Waals surface area (Å²) >= 11 is 0. The molecule has 3 aliphatic carbocycles. The summed E-state index contributed by atoms with van der Waals surface area (Å²) in [5.41, 5.74) is 3.78. The molecule has 2 aromatic heterocycles. The Balaban J connectivity index is 1.37. The molecular weight excluding hydrogens is 486 g/mol. The fourth-order valence-corrected chi connectivity index (χ4v) is 5.45. The number of aryl methyl sites for hydroxylation is 1. The lowest BCUT2D eigenvalue weighted by atomic mass is 9.89. The molecule has 3 fully saturated rings. The number of fused-ring (bicyclic) bond motifs is 1. The van der Waals surface area contributed by atoms with Gasteiger partial charge in [0.15, 0.2) is 5.65 Å². The van der Waals surface area contributed by atoms with E-state index in [1.807, 2.05) is 11.6 Å². The Morgan fingerprint density at radius 1 is 1.03 bits per heavy atom. The molecule has 38 heavy (non-hydrogen) atoms. The first-order valence-electron chi connectivity index (χ1n) is 13.9. The molecule has 0 saturated heterocycles. The molecule has 6 rings (SSSR count). The number of nitrogens with zero attached hydrogens (tertiary/aromatic N) is 3. The Labute approximate surface area is 221 Å². The summed E-state index contributed by atoms with van der Waals surface area (Å²) in [6, 6.07) is 0.223. The van der Waals surface area contributed by atoms with Crippen molar-refractivity contribution in [1.82, 2.24) is 30.9 Å².